The Balaban J connectivity index is 1.90. The zero-order valence-electron chi connectivity index (χ0n) is 14.3. The topological polar surface area (TPSA) is 53.4 Å². The molecule has 0 fully saturated rings. The van der Waals surface area contributed by atoms with Crippen LogP contribution in [-0.2, 0) is 16.6 Å². The number of esters is 1. The van der Waals surface area contributed by atoms with Crippen LogP contribution < -0.4 is 4.74 Å². The van der Waals surface area contributed by atoms with Crippen molar-refractivity contribution in [3.8, 4) is 17.6 Å². The molecule has 0 aliphatic rings. The Labute approximate surface area is 141 Å². The lowest BCUT2D eigenvalue weighted by Gasteiger charge is -1.98. The highest BCUT2D eigenvalue weighted by atomic mass is 16.5. The van der Waals surface area contributed by atoms with E-state index >= 15 is 0 Å². The number of hydrogen-bond acceptors (Lipinski definition) is 4. The standard InChI is InChI=1S/C19H20N2O3/c1-14-18(15(2)21(3)20-14)10-11-19(22)24-12-6-8-16-7-5-9-17(13-16)23-4/h5,7,9-11,13H,12H2,1-4H3. The minimum absolute atomic E-state index is 0.0331. The second kappa shape index (κ2) is 8.02. The van der Waals surface area contributed by atoms with Gasteiger partial charge in [-0.15, -0.1) is 0 Å². The maximum Gasteiger partial charge on any atom is 0.331 e. The molecule has 0 N–H and O–H groups in total. The number of rotatable bonds is 4. The molecule has 1 heterocycles. The molecule has 1 aromatic heterocycles. The van der Waals surface area contributed by atoms with Crippen molar-refractivity contribution in [2.45, 2.75) is 13.8 Å². The molecule has 0 saturated carbocycles. The number of benzene rings is 1. The van der Waals surface area contributed by atoms with Gasteiger partial charge in [0.1, 0.15) is 5.75 Å². The maximum absolute atomic E-state index is 11.7. The van der Waals surface area contributed by atoms with E-state index < -0.39 is 5.97 Å². The molecule has 24 heavy (non-hydrogen) atoms. The number of aryl methyl sites for hydroxylation is 2. The minimum Gasteiger partial charge on any atom is -0.497 e. The summed E-state index contributed by atoms with van der Waals surface area (Å²) < 4.78 is 12.0. The van der Waals surface area contributed by atoms with E-state index in [1.807, 2.05) is 45.2 Å². The molecule has 124 valence electrons. The molecule has 2 aromatic rings. The molecule has 0 amide bonds. The number of carbonyl (C=O) groups is 1. The molecule has 2 rings (SSSR count). The summed E-state index contributed by atoms with van der Waals surface area (Å²) in [6.07, 6.45) is 3.11. The van der Waals surface area contributed by atoms with Crippen LogP contribution in [0.25, 0.3) is 6.08 Å². The molecule has 0 spiro atoms. The summed E-state index contributed by atoms with van der Waals surface area (Å²) in [6.45, 7) is 3.88. The van der Waals surface area contributed by atoms with Crippen LogP contribution in [0.4, 0.5) is 0 Å². The SMILES string of the molecule is COc1cccc(C#CCOC(=O)C=Cc2c(C)nn(C)c2C)c1. The molecule has 0 unspecified atom stereocenters. The number of carbonyl (C=O) groups excluding carboxylic acids is 1. The Hall–Kier alpha value is -3.00. The van der Waals surface area contributed by atoms with Crippen molar-refractivity contribution >= 4 is 12.0 Å². The van der Waals surface area contributed by atoms with Gasteiger partial charge in [-0.2, -0.15) is 5.10 Å². The summed E-state index contributed by atoms with van der Waals surface area (Å²) in [4.78, 5) is 11.7. The van der Waals surface area contributed by atoms with Crippen LogP contribution in [0.3, 0.4) is 0 Å². The first-order valence-electron chi connectivity index (χ1n) is 7.49. The van der Waals surface area contributed by atoms with Crippen molar-refractivity contribution in [1.82, 2.24) is 9.78 Å². The van der Waals surface area contributed by atoms with Crippen LogP contribution in [0, 0.1) is 25.7 Å². The van der Waals surface area contributed by atoms with E-state index in [0.717, 1.165) is 28.3 Å². The second-order valence-electron chi connectivity index (χ2n) is 5.18. The molecular formula is C19H20N2O3. The maximum atomic E-state index is 11.7. The molecule has 0 bridgehead atoms. The van der Waals surface area contributed by atoms with Gasteiger partial charge in [0.05, 0.1) is 12.8 Å². The van der Waals surface area contributed by atoms with E-state index in [9.17, 15) is 4.79 Å². The van der Waals surface area contributed by atoms with Crippen molar-refractivity contribution in [2.24, 2.45) is 7.05 Å². The lowest BCUT2D eigenvalue weighted by molar-refractivity contribution is -0.136. The Morgan fingerprint density at radius 2 is 2.17 bits per heavy atom. The first-order valence-corrected chi connectivity index (χ1v) is 7.49. The van der Waals surface area contributed by atoms with Gasteiger partial charge in [-0.25, -0.2) is 4.79 Å². The van der Waals surface area contributed by atoms with Crippen LogP contribution in [0.2, 0.25) is 0 Å². The lowest BCUT2D eigenvalue weighted by Crippen LogP contribution is -2.00. The summed E-state index contributed by atoms with van der Waals surface area (Å²) in [5.41, 5.74) is 3.60. The predicted octanol–water partition coefficient (Wildman–Crippen LogP) is 2.65. The summed E-state index contributed by atoms with van der Waals surface area (Å²) in [5.74, 6) is 6.04. The van der Waals surface area contributed by atoms with Crippen molar-refractivity contribution in [3.05, 3.63) is 52.9 Å². The predicted molar refractivity (Wildman–Crippen MR) is 92.5 cm³/mol. The van der Waals surface area contributed by atoms with Gasteiger partial charge in [-0.1, -0.05) is 17.9 Å². The van der Waals surface area contributed by atoms with Gasteiger partial charge < -0.3 is 9.47 Å². The third-order valence-corrected chi connectivity index (χ3v) is 3.54. The third kappa shape index (κ3) is 4.50. The molecule has 0 atom stereocenters. The number of hydrogen-bond donors (Lipinski definition) is 0. The molecule has 0 radical (unpaired) electrons. The highest BCUT2D eigenvalue weighted by Crippen LogP contribution is 2.13. The van der Waals surface area contributed by atoms with Crippen molar-refractivity contribution in [2.75, 3.05) is 13.7 Å². The fourth-order valence-electron chi connectivity index (χ4n) is 2.18. The highest BCUT2D eigenvalue weighted by Gasteiger charge is 2.06. The summed E-state index contributed by atoms with van der Waals surface area (Å²) in [7, 11) is 3.47. The number of ether oxygens (including phenoxy) is 2. The molecule has 5 heteroatoms. The van der Waals surface area contributed by atoms with Gasteiger partial charge in [-0.05, 0) is 38.1 Å². The van der Waals surface area contributed by atoms with Crippen molar-refractivity contribution < 1.29 is 14.3 Å². The van der Waals surface area contributed by atoms with E-state index in [2.05, 4.69) is 16.9 Å². The van der Waals surface area contributed by atoms with Crippen LogP contribution in [0.1, 0.15) is 22.5 Å². The third-order valence-electron chi connectivity index (χ3n) is 3.54. The van der Waals surface area contributed by atoms with Gasteiger partial charge in [0.2, 0.25) is 0 Å². The Kier molecular flexibility index (Phi) is 5.80. The molecule has 0 aliphatic heterocycles. The van der Waals surface area contributed by atoms with Crippen molar-refractivity contribution in [1.29, 1.82) is 0 Å². The largest absolute Gasteiger partial charge is 0.497 e. The van der Waals surface area contributed by atoms with E-state index in [1.165, 1.54) is 6.08 Å². The van der Waals surface area contributed by atoms with Crippen LogP contribution >= 0.6 is 0 Å². The summed E-state index contributed by atoms with van der Waals surface area (Å²) >= 11 is 0. The fourth-order valence-corrected chi connectivity index (χ4v) is 2.18. The van der Waals surface area contributed by atoms with E-state index in [-0.39, 0.29) is 6.61 Å². The zero-order chi connectivity index (χ0) is 17.5. The second-order valence-corrected chi connectivity index (χ2v) is 5.18. The van der Waals surface area contributed by atoms with Gasteiger partial charge in [0, 0.05) is 29.9 Å². The monoisotopic (exact) mass is 324 g/mol. The van der Waals surface area contributed by atoms with Gasteiger partial charge in [-0.3, -0.25) is 4.68 Å². The highest BCUT2D eigenvalue weighted by molar-refractivity contribution is 5.87. The Bertz CT molecular complexity index is 823. The molecule has 0 saturated heterocycles. The van der Waals surface area contributed by atoms with Gasteiger partial charge >= 0.3 is 5.97 Å². The van der Waals surface area contributed by atoms with Gasteiger partial charge in [0.25, 0.3) is 0 Å². The van der Waals surface area contributed by atoms with Crippen LogP contribution in [-0.4, -0.2) is 29.5 Å². The molecule has 0 aliphatic carbocycles. The number of methoxy groups -OCH3 is 1. The minimum atomic E-state index is -0.433. The quantitative estimate of drug-likeness (QED) is 0.493. The van der Waals surface area contributed by atoms with Gasteiger partial charge in [0.15, 0.2) is 6.61 Å². The van der Waals surface area contributed by atoms with Crippen LogP contribution in [0.5, 0.6) is 5.75 Å². The first kappa shape index (κ1) is 17.4. The number of nitrogens with zero attached hydrogens (tertiary/aromatic N) is 2. The van der Waals surface area contributed by atoms with E-state index in [4.69, 9.17) is 9.47 Å². The molecule has 5 nitrogen and oxygen atoms in total. The average molecular weight is 324 g/mol. The van der Waals surface area contributed by atoms with Crippen LogP contribution in [0.15, 0.2) is 30.3 Å². The number of aromatic nitrogens is 2. The van der Waals surface area contributed by atoms with E-state index in [0.29, 0.717) is 0 Å². The van der Waals surface area contributed by atoms with Crippen molar-refractivity contribution in [3.63, 3.8) is 0 Å². The molecule has 1 aromatic carbocycles. The Morgan fingerprint density at radius 1 is 1.38 bits per heavy atom. The van der Waals surface area contributed by atoms with E-state index in [1.54, 1.807) is 17.9 Å². The molecular weight excluding hydrogens is 304 g/mol. The normalized spacial score (nSPS) is 10.3. The average Bonchev–Trinajstić information content (AvgIpc) is 2.82. The summed E-state index contributed by atoms with van der Waals surface area (Å²) in [6, 6.07) is 7.39. The first-order chi connectivity index (χ1) is 11.5. The Morgan fingerprint density at radius 3 is 2.83 bits per heavy atom. The zero-order valence-corrected chi connectivity index (χ0v) is 14.3. The summed E-state index contributed by atoms with van der Waals surface area (Å²) in [5, 5.41) is 4.29. The fraction of sp³-hybridized carbons (Fsp3) is 0.263. The lowest BCUT2D eigenvalue weighted by atomic mass is 10.2. The smallest absolute Gasteiger partial charge is 0.331 e.